The molecular formula is C19H24Cl2N6O2-2. The number of halogens is 2. The van der Waals surface area contributed by atoms with Crippen LogP contribution in [0.3, 0.4) is 0 Å². The summed E-state index contributed by atoms with van der Waals surface area (Å²) in [6, 6.07) is 15.7. The average molecular weight is 439 g/mol. The van der Waals surface area contributed by atoms with Gasteiger partial charge in [-0.3, -0.25) is 0 Å². The Morgan fingerprint density at radius 2 is 1.79 bits per heavy atom. The average Bonchev–Trinajstić information content (AvgIpc) is 3.15. The lowest BCUT2D eigenvalue weighted by molar-refractivity contribution is -0.00100. The molecule has 0 bridgehead atoms. The molecule has 10 heteroatoms. The van der Waals surface area contributed by atoms with E-state index in [1.165, 1.54) is 4.68 Å². The van der Waals surface area contributed by atoms with E-state index in [2.05, 4.69) is 39.8 Å². The third-order valence-corrected chi connectivity index (χ3v) is 3.94. The van der Waals surface area contributed by atoms with Crippen molar-refractivity contribution >= 4 is 0 Å². The highest BCUT2D eigenvalue weighted by Gasteiger charge is 2.14. The summed E-state index contributed by atoms with van der Waals surface area (Å²) in [7, 11) is 5.73. The molecule has 0 spiro atoms. The van der Waals surface area contributed by atoms with Gasteiger partial charge in [-0.25, -0.2) is 0 Å². The summed E-state index contributed by atoms with van der Waals surface area (Å²) in [5.41, 5.74) is 1.93. The van der Waals surface area contributed by atoms with Crippen molar-refractivity contribution in [1.29, 1.82) is 0 Å². The molecule has 8 nitrogen and oxygen atoms in total. The fraction of sp³-hybridized carbons (Fsp3) is 0.316. The van der Waals surface area contributed by atoms with Gasteiger partial charge in [-0.05, 0) is 54.4 Å². The van der Waals surface area contributed by atoms with E-state index in [4.69, 9.17) is 9.47 Å². The molecule has 0 amide bonds. The minimum absolute atomic E-state index is 0. The van der Waals surface area contributed by atoms with Crippen LogP contribution in [0.5, 0.6) is 17.5 Å². The van der Waals surface area contributed by atoms with Crippen LogP contribution in [0.15, 0.2) is 48.5 Å². The number of tetrazole rings is 1. The van der Waals surface area contributed by atoms with Crippen molar-refractivity contribution in [3.8, 4) is 23.2 Å². The normalized spacial score (nSPS) is 10.2. The monoisotopic (exact) mass is 438 g/mol. The predicted octanol–water partition coefficient (Wildman–Crippen LogP) is -3.88. The minimum Gasteiger partial charge on any atom is -1.00 e. The van der Waals surface area contributed by atoms with Crippen molar-refractivity contribution < 1.29 is 34.3 Å². The highest BCUT2D eigenvalue weighted by atomic mass is 35.5. The quantitative estimate of drug-likeness (QED) is 0.342. The number of methoxy groups -OCH3 is 1. The molecule has 1 N–H and O–H groups in total. The van der Waals surface area contributed by atoms with Crippen LogP contribution in [-0.4, -0.2) is 59.4 Å². The molecule has 0 aliphatic rings. The topological polar surface area (TPSA) is 77.3 Å². The molecule has 0 radical (unpaired) electrons. The highest BCUT2D eigenvalue weighted by Crippen LogP contribution is 2.32. The zero-order valence-electron chi connectivity index (χ0n) is 16.5. The molecule has 0 saturated heterocycles. The summed E-state index contributed by atoms with van der Waals surface area (Å²) in [5, 5.41) is 15.1. The number of para-hydroxylation sites is 1. The number of ether oxygens (including phenoxy) is 2. The van der Waals surface area contributed by atoms with Gasteiger partial charge in [0.25, 0.3) is 0 Å². The fourth-order valence-electron chi connectivity index (χ4n) is 2.51. The molecule has 0 atom stereocenters. The predicted molar refractivity (Wildman–Crippen MR) is 102 cm³/mol. The maximum Gasteiger partial charge on any atom is 0.346 e. The Morgan fingerprint density at radius 1 is 1.03 bits per heavy atom. The van der Waals surface area contributed by atoms with Crippen molar-refractivity contribution in [3.63, 3.8) is 0 Å². The molecule has 3 aromatic rings. The van der Waals surface area contributed by atoms with E-state index in [0.717, 1.165) is 30.9 Å². The van der Waals surface area contributed by atoms with Gasteiger partial charge in [-0.15, -0.1) is 0 Å². The SMILES string of the molecule is COc1cc(CNCCN(C)C)ccc1Oc1nnnn1-c1ccccc1.[Cl-].[Cl-]. The van der Waals surface area contributed by atoms with Crippen LogP contribution in [0.25, 0.3) is 5.69 Å². The summed E-state index contributed by atoms with van der Waals surface area (Å²) in [6.07, 6.45) is 0. The summed E-state index contributed by atoms with van der Waals surface area (Å²) in [6.45, 7) is 2.66. The summed E-state index contributed by atoms with van der Waals surface area (Å²) in [5.74, 6) is 1.19. The Balaban J connectivity index is 0.00000210. The highest BCUT2D eigenvalue weighted by molar-refractivity contribution is 5.44. The molecule has 0 aliphatic heterocycles. The van der Waals surface area contributed by atoms with Gasteiger partial charge in [0.2, 0.25) is 0 Å². The van der Waals surface area contributed by atoms with Crippen LogP contribution in [-0.2, 0) is 6.54 Å². The van der Waals surface area contributed by atoms with Crippen LogP contribution in [0.4, 0.5) is 0 Å². The molecule has 0 unspecified atom stereocenters. The summed E-state index contributed by atoms with van der Waals surface area (Å²) >= 11 is 0. The molecule has 2 aromatic carbocycles. The van der Waals surface area contributed by atoms with E-state index < -0.39 is 0 Å². The van der Waals surface area contributed by atoms with Gasteiger partial charge in [0.1, 0.15) is 0 Å². The Morgan fingerprint density at radius 3 is 2.48 bits per heavy atom. The molecule has 158 valence electrons. The first-order chi connectivity index (χ1) is 13.2. The largest absolute Gasteiger partial charge is 1.00 e. The molecular weight excluding hydrogens is 415 g/mol. The summed E-state index contributed by atoms with van der Waals surface area (Å²) < 4.78 is 12.9. The molecule has 0 fully saturated rings. The van der Waals surface area contributed by atoms with Gasteiger partial charge in [-0.1, -0.05) is 29.4 Å². The van der Waals surface area contributed by atoms with Crippen LogP contribution in [0.1, 0.15) is 5.56 Å². The van der Waals surface area contributed by atoms with Crippen molar-refractivity contribution in [3.05, 3.63) is 54.1 Å². The number of aromatic nitrogens is 4. The molecule has 0 saturated carbocycles. The van der Waals surface area contributed by atoms with E-state index in [0.29, 0.717) is 11.5 Å². The van der Waals surface area contributed by atoms with Crippen molar-refractivity contribution in [2.24, 2.45) is 0 Å². The zero-order chi connectivity index (χ0) is 19.1. The Hall–Kier alpha value is -2.39. The third kappa shape index (κ3) is 6.86. The number of nitrogens with zero attached hydrogens (tertiary/aromatic N) is 5. The first-order valence-corrected chi connectivity index (χ1v) is 8.71. The number of benzene rings is 2. The van der Waals surface area contributed by atoms with Gasteiger partial charge in [0.05, 0.1) is 12.8 Å². The number of hydrogen-bond acceptors (Lipinski definition) is 7. The third-order valence-electron chi connectivity index (χ3n) is 3.94. The molecule has 29 heavy (non-hydrogen) atoms. The van der Waals surface area contributed by atoms with Crippen molar-refractivity contribution in [1.82, 2.24) is 30.4 Å². The molecule has 0 aliphatic carbocycles. The van der Waals surface area contributed by atoms with E-state index >= 15 is 0 Å². The maximum atomic E-state index is 5.91. The summed E-state index contributed by atoms with van der Waals surface area (Å²) in [4.78, 5) is 2.14. The number of likely N-dealkylation sites (N-methyl/N-ethyl adjacent to an activating group) is 1. The van der Waals surface area contributed by atoms with Gasteiger partial charge < -0.3 is 44.5 Å². The lowest BCUT2D eigenvalue weighted by Crippen LogP contribution is -3.00. The Labute approximate surface area is 183 Å². The molecule has 3 rings (SSSR count). The van der Waals surface area contributed by atoms with E-state index in [1.807, 2.05) is 48.5 Å². The smallest absolute Gasteiger partial charge is 0.346 e. The zero-order valence-corrected chi connectivity index (χ0v) is 18.1. The first kappa shape index (κ1) is 24.6. The standard InChI is InChI=1S/C19H24N6O2.2ClH/c1-24(2)12-11-20-14-15-9-10-17(18(13-15)26-3)27-19-21-22-23-25(19)16-7-5-4-6-8-16;;/h4-10,13,20H,11-12,14H2,1-3H3;2*1H/p-2. The molecule has 1 aromatic heterocycles. The Bertz CT molecular complexity index is 861. The second-order valence-corrected chi connectivity index (χ2v) is 6.28. The van der Waals surface area contributed by atoms with Crippen LogP contribution in [0.2, 0.25) is 0 Å². The van der Waals surface area contributed by atoms with Gasteiger partial charge in [0.15, 0.2) is 11.5 Å². The Kier molecular flexibility index (Phi) is 10.4. The fourth-order valence-corrected chi connectivity index (χ4v) is 2.51. The van der Waals surface area contributed by atoms with Gasteiger partial charge >= 0.3 is 6.01 Å². The van der Waals surface area contributed by atoms with Crippen LogP contribution < -0.4 is 39.6 Å². The minimum atomic E-state index is 0. The number of nitrogens with one attached hydrogen (secondary N) is 1. The van der Waals surface area contributed by atoms with Crippen LogP contribution >= 0.6 is 0 Å². The molecule has 1 heterocycles. The van der Waals surface area contributed by atoms with E-state index in [1.54, 1.807) is 7.11 Å². The van der Waals surface area contributed by atoms with Gasteiger partial charge in [-0.2, -0.15) is 4.68 Å². The maximum absolute atomic E-state index is 5.91. The second-order valence-electron chi connectivity index (χ2n) is 6.28. The van der Waals surface area contributed by atoms with Crippen molar-refractivity contribution in [2.75, 3.05) is 34.3 Å². The van der Waals surface area contributed by atoms with Crippen LogP contribution in [0, 0.1) is 0 Å². The van der Waals surface area contributed by atoms with E-state index in [-0.39, 0.29) is 30.8 Å². The first-order valence-electron chi connectivity index (χ1n) is 8.71. The lowest BCUT2D eigenvalue weighted by atomic mass is 10.2. The second kappa shape index (κ2) is 12.2. The number of rotatable bonds is 9. The van der Waals surface area contributed by atoms with Crippen molar-refractivity contribution in [2.45, 2.75) is 6.54 Å². The van der Waals surface area contributed by atoms with E-state index in [9.17, 15) is 0 Å². The lowest BCUT2D eigenvalue weighted by Gasteiger charge is -2.13. The number of hydrogen-bond donors (Lipinski definition) is 1. The van der Waals surface area contributed by atoms with Gasteiger partial charge in [0, 0.05) is 19.6 Å².